The third kappa shape index (κ3) is 1.93. The van der Waals surface area contributed by atoms with Crippen molar-refractivity contribution in [3.05, 3.63) is 11.3 Å². The van der Waals surface area contributed by atoms with Crippen LogP contribution in [0.1, 0.15) is 60.8 Å². The first kappa shape index (κ1) is 11.0. The van der Waals surface area contributed by atoms with Gasteiger partial charge < -0.3 is 4.74 Å². The fraction of sp³-hybridized carbons (Fsp3) is 0.857. The number of hydrogen-bond acceptors (Lipinski definition) is 1. The van der Waals surface area contributed by atoms with Gasteiger partial charge >= 0.3 is 0 Å². The molecule has 2 aliphatic rings. The van der Waals surface area contributed by atoms with Crippen LogP contribution in [0.15, 0.2) is 11.3 Å². The largest absolute Gasteiger partial charge is 0.491 e. The zero-order chi connectivity index (χ0) is 11.5. The molecule has 15 heavy (non-hydrogen) atoms. The van der Waals surface area contributed by atoms with Gasteiger partial charge in [0.25, 0.3) is 0 Å². The van der Waals surface area contributed by atoms with Crippen LogP contribution in [-0.2, 0) is 4.74 Å². The Bertz CT molecular complexity index is 277. The summed E-state index contributed by atoms with van der Waals surface area (Å²) in [5.74, 6) is 1.27. The summed E-state index contributed by atoms with van der Waals surface area (Å²) < 4.78 is 6.24. The Labute approximate surface area is 93.9 Å². The van der Waals surface area contributed by atoms with E-state index in [-0.39, 0.29) is 16.4 Å². The predicted molar refractivity (Wildman–Crippen MR) is 63.6 cm³/mol. The highest BCUT2D eigenvalue weighted by atomic mass is 16.5. The Morgan fingerprint density at radius 1 is 0.933 bits per heavy atom. The fourth-order valence-corrected chi connectivity index (χ4v) is 2.35. The maximum absolute atomic E-state index is 6.24. The van der Waals surface area contributed by atoms with E-state index in [1.807, 2.05) is 0 Å². The van der Waals surface area contributed by atoms with Crippen LogP contribution >= 0.6 is 0 Å². The van der Waals surface area contributed by atoms with Gasteiger partial charge in [0, 0.05) is 11.8 Å². The molecule has 86 valence electrons. The number of ether oxygens (including phenoxy) is 1. The van der Waals surface area contributed by atoms with Crippen LogP contribution < -0.4 is 0 Å². The van der Waals surface area contributed by atoms with Crippen molar-refractivity contribution in [3.63, 3.8) is 0 Å². The highest BCUT2D eigenvalue weighted by molar-refractivity contribution is 5.30. The van der Waals surface area contributed by atoms with Crippen molar-refractivity contribution >= 4 is 0 Å². The van der Waals surface area contributed by atoms with Crippen molar-refractivity contribution < 1.29 is 4.74 Å². The summed E-state index contributed by atoms with van der Waals surface area (Å²) in [5.41, 5.74) is 2.20. The maximum Gasteiger partial charge on any atom is 0.113 e. The van der Waals surface area contributed by atoms with Crippen LogP contribution in [0.2, 0.25) is 0 Å². The predicted octanol–water partition coefficient (Wildman–Crippen LogP) is 4.29. The first-order valence-corrected chi connectivity index (χ1v) is 6.07. The van der Waals surface area contributed by atoms with Crippen LogP contribution in [0.3, 0.4) is 0 Å². The SMILES string of the molecule is CC(C)(C)C1=C(C(C)(C)C)OC2(CC2)C1. The quantitative estimate of drug-likeness (QED) is 0.577. The molecule has 0 aromatic heterocycles. The summed E-state index contributed by atoms with van der Waals surface area (Å²) in [4.78, 5) is 0. The van der Waals surface area contributed by atoms with E-state index < -0.39 is 0 Å². The molecular formula is C14H24O. The molecule has 0 atom stereocenters. The lowest BCUT2D eigenvalue weighted by atomic mass is 9.78. The lowest BCUT2D eigenvalue weighted by molar-refractivity contribution is 0.0840. The zero-order valence-electron chi connectivity index (χ0n) is 11.0. The summed E-state index contributed by atoms with van der Waals surface area (Å²) in [6.45, 7) is 13.7. The monoisotopic (exact) mass is 208 g/mol. The van der Waals surface area contributed by atoms with Crippen LogP contribution in [0.25, 0.3) is 0 Å². The van der Waals surface area contributed by atoms with Gasteiger partial charge in [0.05, 0.1) is 0 Å². The summed E-state index contributed by atoms with van der Waals surface area (Å²) in [7, 11) is 0. The molecule has 0 saturated heterocycles. The van der Waals surface area contributed by atoms with E-state index in [9.17, 15) is 0 Å². The smallest absolute Gasteiger partial charge is 0.113 e. The van der Waals surface area contributed by atoms with Crippen LogP contribution in [-0.4, -0.2) is 5.60 Å². The van der Waals surface area contributed by atoms with Gasteiger partial charge in [-0.15, -0.1) is 0 Å². The first-order valence-electron chi connectivity index (χ1n) is 6.07. The number of hydrogen-bond donors (Lipinski definition) is 0. The summed E-state index contributed by atoms with van der Waals surface area (Å²) in [6, 6.07) is 0. The lowest BCUT2D eigenvalue weighted by Crippen LogP contribution is -2.17. The fourth-order valence-electron chi connectivity index (χ4n) is 2.35. The van der Waals surface area contributed by atoms with Crippen molar-refractivity contribution in [2.75, 3.05) is 0 Å². The highest BCUT2D eigenvalue weighted by Gasteiger charge is 2.54. The molecule has 1 aliphatic heterocycles. The van der Waals surface area contributed by atoms with E-state index in [0.717, 1.165) is 0 Å². The van der Waals surface area contributed by atoms with Gasteiger partial charge in [0.15, 0.2) is 0 Å². The van der Waals surface area contributed by atoms with Gasteiger partial charge in [0.2, 0.25) is 0 Å². The standard InChI is InChI=1S/C14H24O/c1-12(2,3)10-9-14(7-8-14)15-11(10)13(4,5)6/h7-9H2,1-6H3. The third-order valence-corrected chi connectivity index (χ3v) is 3.49. The molecule has 1 saturated carbocycles. The van der Waals surface area contributed by atoms with E-state index in [1.165, 1.54) is 25.0 Å². The van der Waals surface area contributed by atoms with Gasteiger partial charge in [-0.25, -0.2) is 0 Å². The molecule has 0 aromatic rings. The summed E-state index contributed by atoms with van der Waals surface area (Å²) >= 11 is 0. The molecule has 0 N–H and O–H groups in total. The molecule has 1 nitrogen and oxygen atoms in total. The molecule has 0 unspecified atom stereocenters. The minimum atomic E-state index is 0.161. The van der Waals surface area contributed by atoms with Crippen LogP contribution in [0, 0.1) is 10.8 Å². The van der Waals surface area contributed by atoms with Crippen LogP contribution in [0.4, 0.5) is 0 Å². The molecule has 1 aliphatic carbocycles. The van der Waals surface area contributed by atoms with Gasteiger partial charge in [0.1, 0.15) is 11.4 Å². The average Bonchev–Trinajstić information content (AvgIpc) is 2.55. The Morgan fingerprint density at radius 3 is 1.73 bits per heavy atom. The molecular weight excluding hydrogens is 184 g/mol. The second kappa shape index (κ2) is 2.81. The summed E-state index contributed by atoms with van der Waals surface area (Å²) in [6.07, 6.45) is 3.68. The molecule has 0 bridgehead atoms. The van der Waals surface area contributed by atoms with Gasteiger partial charge in [-0.3, -0.25) is 0 Å². The Hall–Kier alpha value is -0.460. The average molecular weight is 208 g/mol. The second-order valence-corrected chi connectivity index (χ2v) is 7.27. The molecule has 1 fully saturated rings. The first-order chi connectivity index (χ1) is 6.64. The Morgan fingerprint density at radius 2 is 1.47 bits per heavy atom. The molecule has 0 aromatic carbocycles. The molecule has 0 radical (unpaired) electrons. The summed E-state index contributed by atoms with van der Waals surface area (Å²) in [5, 5.41) is 0. The number of rotatable bonds is 0. The highest BCUT2D eigenvalue weighted by Crippen LogP contribution is 2.57. The van der Waals surface area contributed by atoms with Crippen molar-refractivity contribution in [2.24, 2.45) is 10.8 Å². The van der Waals surface area contributed by atoms with Crippen molar-refractivity contribution in [2.45, 2.75) is 66.4 Å². The normalized spacial score (nSPS) is 24.7. The van der Waals surface area contributed by atoms with Crippen molar-refractivity contribution in [3.8, 4) is 0 Å². The van der Waals surface area contributed by atoms with Crippen molar-refractivity contribution in [1.29, 1.82) is 0 Å². The van der Waals surface area contributed by atoms with Gasteiger partial charge in [-0.05, 0) is 23.8 Å². The van der Waals surface area contributed by atoms with Gasteiger partial charge in [-0.1, -0.05) is 41.5 Å². The van der Waals surface area contributed by atoms with Crippen molar-refractivity contribution in [1.82, 2.24) is 0 Å². The maximum atomic E-state index is 6.24. The van der Waals surface area contributed by atoms with E-state index >= 15 is 0 Å². The van der Waals surface area contributed by atoms with E-state index in [2.05, 4.69) is 41.5 Å². The molecule has 2 rings (SSSR count). The molecule has 1 heterocycles. The Kier molecular flexibility index (Phi) is 2.07. The van der Waals surface area contributed by atoms with E-state index in [4.69, 9.17) is 4.74 Å². The van der Waals surface area contributed by atoms with E-state index in [0.29, 0.717) is 0 Å². The second-order valence-electron chi connectivity index (χ2n) is 7.27. The number of allylic oxidation sites excluding steroid dienone is 1. The minimum Gasteiger partial charge on any atom is -0.491 e. The zero-order valence-corrected chi connectivity index (χ0v) is 11.0. The van der Waals surface area contributed by atoms with Crippen LogP contribution in [0.5, 0.6) is 0 Å². The van der Waals surface area contributed by atoms with Gasteiger partial charge in [-0.2, -0.15) is 0 Å². The topological polar surface area (TPSA) is 9.23 Å². The Balaban J connectivity index is 2.36. The molecule has 1 spiro atoms. The van der Waals surface area contributed by atoms with E-state index in [1.54, 1.807) is 5.57 Å². The third-order valence-electron chi connectivity index (χ3n) is 3.49. The molecule has 0 amide bonds. The lowest BCUT2D eigenvalue weighted by Gasteiger charge is -2.27. The minimum absolute atomic E-state index is 0.161. The molecule has 1 heteroatoms.